The second-order valence-corrected chi connectivity index (χ2v) is 5.72. The summed E-state index contributed by atoms with van der Waals surface area (Å²) in [4.78, 5) is 17.8. The van der Waals surface area contributed by atoms with Crippen LogP contribution in [0.5, 0.6) is 0 Å². The van der Waals surface area contributed by atoms with Crippen LogP contribution in [0.3, 0.4) is 0 Å². The molecule has 3 aromatic heterocycles. The van der Waals surface area contributed by atoms with Gasteiger partial charge in [-0.2, -0.15) is 0 Å². The third kappa shape index (κ3) is 2.74. The molecule has 0 aliphatic carbocycles. The van der Waals surface area contributed by atoms with E-state index in [1.807, 2.05) is 43.5 Å². The molecule has 0 bridgehead atoms. The predicted molar refractivity (Wildman–Crippen MR) is 82.4 cm³/mol. The van der Waals surface area contributed by atoms with Gasteiger partial charge in [0, 0.05) is 11.9 Å². The van der Waals surface area contributed by atoms with Crippen molar-refractivity contribution in [3.63, 3.8) is 0 Å². The lowest BCUT2D eigenvalue weighted by Gasteiger charge is -2.10. The Bertz CT molecular complexity index is 794. The Morgan fingerprint density at radius 1 is 1.14 bits per heavy atom. The predicted octanol–water partition coefficient (Wildman–Crippen LogP) is 3.19. The Morgan fingerprint density at radius 2 is 1.95 bits per heavy atom. The third-order valence-corrected chi connectivity index (χ3v) is 3.47. The normalized spacial score (nSPS) is 12.8. The average molecular weight is 302 g/mol. The standard InChI is InChI=1S/C15H16ClN5/c1-9-4-5-13-15(18-9)21(14(20-13)10(2)16)8-12-6-7-17-11(3)19-12/h4-7,10H,8H2,1-3H3. The van der Waals surface area contributed by atoms with Gasteiger partial charge in [0.1, 0.15) is 17.2 Å². The molecule has 3 aromatic rings. The fourth-order valence-corrected chi connectivity index (χ4v) is 2.50. The molecule has 3 heterocycles. The van der Waals surface area contributed by atoms with E-state index in [-0.39, 0.29) is 5.38 Å². The molecule has 0 aliphatic rings. The molecule has 0 aromatic carbocycles. The summed E-state index contributed by atoms with van der Waals surface area (Å²) in [5.74, 6) is 1.56. The van der Waals surface area contributed by atoms with Crippen LogP contribution in [0, 0.1) is 13.8 Å². The summed E-state index contributed by atoms with van der Waals surface area (Å²) in [5, 5.41) is -0.192. The van der Waals surface area contributed by atoms with E-state index < -0.39 is 0 Å². The molecule has 0 aliphatic heterocycles. The van der Waals surface area contributed by atoms with E-state index in [4.69, 9.17) is 11.6 Å². The second-order valence-electron chi connectivity index (χ2n) is 5.06. The molecule has 5 nitrogen and oxygen atoms in total. The molecule has 0 radical (unpaired) electrons. The van der Waals surface area contributed by atoms with Crippen molar-refractivity contribution in [2.24, 2.45) is 0 Å². The fraction of sp³-hybridized carbons (Fsp3) is 0.333. The lowest BCUT2D eigenvalue weighted by Crippen LogP contribution is -2.08. The van der Waals surface area contributed by atoms with Crippen LogP contribution in [0.1, 0.15) is 35.3 Å². The van der Waals surface area contributed by atoms with E-state index in [9.17, 15) is 0 Å². The number of pyridine rings is 1. The Hall–Kier alpha value is -2.01. The van der Waals surface area contributed by atoms with E-state index >= 15 is 0 Å². The molecule has 21 heavy (non-hydrogen) atoms. The average Bonchev–Trinajstić information content (AvgIpc) is 2.77. The summed E-state index contributed by atoms with van der Waals surface area (Å²) >= 11 is 6.27. The number of hydrogen-bond acceptors (Lipinski definition) is 4. The highest BCUT2D eigenvalue weighted by Crippen LogP contribution is 2.24. The number of aryl methyl sites for hydroxylation is 2. The minimum atomic E-state index is -0.192. The first kappa shape index (κ1) is 13.9. The molecule has 0 spiro atoms. The maximum absolute atomic E-state index is 6.27. The van der Waals surface area contributed by atoms with Gasteiger partial charge < -0.3 is 4.57 Å². The summed E-state index contributed by atoms with van der Waals surface area (Å²) in [7, 11) is 0. The van der Waals surface area contributed by atoms with Gasteiger partial charge in [-0.05, 0) is 39.0 Å². The molecule has 0 fully saturated rings. The van der Waals surface area contributed by atoms with Crippen LogP contribution in [-0.2, 0) is 6.54 Å². The Labute approximate surface area is 128 Å². The highest BCUT2D eigenvalue weighted by atomic mass is 35.5. The van der Waals surface area contributed by atoms with E-state index in [1.165, 1.54) is 0 Å². The quantitative estimate of drug-likeness (QED) is 0.697. The largest absolute Gasteiger partial charge is 0.305 e. The molecule has 0 saturated carbocycles. The van der Waals surface area contributed by atoms with Crippen LogP contribution in [-0.4, -0.2) is 24.5 Å². The summed E-state index contributed by atoms with van der Waals surface area (Å²) in [5.41, 5.74) is 3.57. The van der Waals surface area contributed by atoms with Crippen molar-refractivity contribution in [3.05, 3.63) is 47.4 Å². The van der Waals surface area contributed by atoms with E-state index in [0.717, 1.165) is 34.2 Å². The monoisotopic (exact) mass is 301 g/mol. The van der Waals surface area contributed by atoms with Gasteiger partial charge in [0.05, 0.1) is 17.6 Å². The minimum Gasteiger partial charge on any atom is -0.305 e. The molecule has 1 unspecified atom stereocenters. The van der Waals surface area contributed by atoms with Crippen LogP contribution in [0.25, 0.3) is 11.2 Å². The van der Waals surface area contributed by atoms with E-state index in [2.05, 4.69) is 19.9 Å². The first-order valence-electron chi connectivity index (χ1n) is 6.81. The van der Waals surface area contributed by atoms with Crippen LogP contribution >= 0.6 is 11.6 Å². The van der Waals surface area contributed by atoms with Crippen molar-refractivity contribution in [1.29, 1.82) is 0 Å². The second kappa shape index (κ2) is 5.41. The third-order valence-electron chi connectivity index (χ3n) is 3.27. The highest BCUT2D eigenvalue weighted by molar-refractivity contribution is 6.20. The van der Waals surface area contributed by atoms with Crippen LogP contribution in [0.2, 0.25) is 0 Å². The van der Waals surface area contributed by atoms with Gasteiger partial charge in [-0.25, -0.2) is 19.9 Å². The molecule has 0 amide bonds. The first-order valence-corrected chi connectivity index (χ1v) is 7.24. The molecule has 3 rings (SSSR count). The number of rotatable bonds is 3. The van der Waals surface area contributed by atoms with Crippen molar-refractivity contribution in [2.75, 3.05) is 0 Å². The van der Waals surface area contributed by atoms with Crippen molar-refractivity contribution in [3.8, 4) is 0 Å². The molecule has 1 atom stereocenters. The van der Waals surface area contributed by atoms with Gasteiger partial charge in [-0.3, -0.25) is 0 Å². The minimum absolute atomic E-state index is 0.192. The van der Waals surface area contributed by atoms with Crippen LogP contribution in [0.15, 0.2) is 24.4 Å². The number of nitrogens with zero attached hydrogens (tertiary/aromatic N) is 5. The lowest BCUT2D eigenvalue weighted by molar-refractivity contribution is 0.715. The van der Waals surface area contributed by atoms with E-state index in [1.54, 1.807) is 6.20 Å². The molecular formula is C15H16ClN5. The van der Waals surface area contributed by atoms with Crippen molar-refractivity contribution < 1.29 is 0 Å². The number of halogens is 1. The van der Waals surface area contributed by atoms with Crippen molar-refractivity contribution >= 4 is 22.8 Å². The first-order chi connectivity index (χ1) is 10.0. The number of fused-ring (bicyclic) bond motifs is 1. The zero-order valence-corrected chi connectivity index (χ0v) is 13.0. The van der Waals surface area contributed by atoms with Gasteiger partial charge in [0.25, 0.3) is 0 Å². The number of alkyl halides is 1. The zero-order valence-electron chi connectivity index (χ0n) is 12.2. The van der Waals surface area contributed by atoms with Crippen LogP contribution < -0.4 is 0 Å². The van der Waals surface area contributed by atoms with Gasteiger partial charge >= 0.3 is 0 Å². The summed E-state index contributed by atoms with van der Waals surface area (Å²) in [6.07, 6.45) is 1.76. The van der Waals surface area contributed by atoms with Crippen molar-refractivity contribution in [1.82, 2.24) is 24.5 Å². The number of hydrogen-bond donors (Lipinski definition) is 0. The SMILES string of the molecule is Cc1ccc2nc(C(C)Cl)n(Cc3ccnc(C)n3)c2n1. The van der Waals surface area contributed by atoms with Gasteiger partial charge in [0.15, 0.2) is 5.65 Å². The fourth-order valence-electron chi connectivity index (χ4n) is 2.33. The number of aromatic nitrogens is 5. The van der Waals surface area contributed by atoms with Crippen molar-refractivity contribution in [2.45, 2.75) is 32.7 Å². The maximum Gasteiger partial charge on any atom is 0.160 e. The van der Waals surface area contributed by atoms with Gasteiger partial charge in [-0.15, -0.1) is 11.6 Å². The molecular weight excluding hydrogens is 286 g/mol. The smallest absolute Gasteiger partial charge is 0.160 e. The van der Waals surface area contributed by atoms with Gasteiger partial charge in [0.2, 0.25) is 0 Å². The molecule has 0 saturated heterocycles. The Morgan fingerprint density at radius 3 is 2.67 bits per heavy atom. The van der Waals surface area contributed by atoms with Crippen LogP contribution in [0.4, 0.5) is 0 Å². The summed E-state index contributed by atoms with van der Waals surface area (Å²) < 4.78 is 2.03. The lowest BCUT2D eigenvalue weighted by atomic mass is 10.3. The Kier molecular flexibility index (Phi) is 3.59. The molecule has 108 valence electrons. The zero-order chi connectivity index (χ0) is 15.0. The summed E-state index contributed by atoms with van der Waals surface area (Å²) in [6, 6.07) is 5.83. The topological polar surface area (TPSA) is 56.5 Å². The molecule has 6 heteroatoms. The Balaban J connectivity index is 2.14. The maximum atomic E-state index is 6.27. The summed E-state index contributed by atoms with van der Waals surface area (Å²) in [6.45, 7) is 6.35. The van der Waals surface area contributed by atoms with Gasteiger partial charge in [-0.1, -0.05) is 0 Å². The highest BCUT2D eigenvalue weighted by Gasteiger charge is 2.16. The molecule has 0 N–H and O–H groups in total. The number of imidazole rings is 1. The van der Waals surface area contributed by atoms with E-state index in [0.29, 0.717) is 6.54 Å².